The summed E-state index contributed by atoms with van der Waals surface area (Å²) in [7, 11) is -2.71. The first-order valence-corrected chi connectivity index (χ1v) is 7.70. The van der Waals surface area contributed by atoms with Crippen LogP contribution in [0.1, 0.15) is 20.8 Å². The maximum atomic E-state index is 12.9. The van der Waals surface area contributed by atoms with E-state index in [4.69, 9.17) is 4.74 Å². The zero-order valence-electron chi connectivity index (χ0n) is 9.45. The second kappa shape index (κ2) is 3.51. The fraction of sp³-hybridized carbons (Fsp3) is 0.455. The fourth-order valence-corrected chi connectivity index (χ4v) is 4.83. The predicted molar refractivity (Wildman–Crippen MR) is 68.3 cm³/mol. The number of hydrogen-bond acceptors (Lipinski definition) is 3. The van der Waals surface area contributed by atoms with Crippen LogP contribution < -0.4 is 10.0 Å². The van der Waals surface area contributed by atoms with Crippen molar-refractivity contribution in [3.05, 3.63) is 16.6 Å². The maximum absolute atomic E-state index is 12.9. The van der Waals surface area contributed by atoms with Crippen LogP contribution in [0.25, 0.3) is 0 Å². The Bertz CT molecular complexity index is 491. The lowest BCUT2D eigenvalue weighted by Gasteiger charge is -2.26. The molecule has 0 bridgehead atoms. The topological polar surface area (TPSA) is 46.5 Å². The van der Waals surface area contributed by atoms with Crippen molar-refractivity contribution in [2.75, 3.05) is 6.35 Å². The smallest absolute Gasteiger partial charge is 0.163 e. The number of ether oxygens (including phenoxy) is 1. The van der Waals surface area contributed by atoms with E-state index in [2.05, 4.69) is 15.9 Å². The van der Waals surface area contributed by atoms with Gasteiger partial charge in [0, 0.05) is 5.16 Å². The van der Waals surface area contributed by atoms with Gasteiger partial charge in [0.1, 0.15) is 23.2 Å². The Labute approximate surface area is 103 Å². The molecule has 0 amide bonds. The molecule has 1 N–H and O–H groups in total. The van der Waals surface area contributed by atoms with Crippen LogP contribution in [-0.2, 0) is 4.57 Å². The molecule has 2 rings (SSSR count). The van der Waals surface area contributed by atoms with Crippen molar-refractivity contribution in [2.45, 2.75) is 25.9 Å². The SMILES string of the molecule is CC(C)(C)[P@@]1(=O)COc2c(Br)ccc(O)c21. The van der Waals surface area contributed by atoms with E-state index in [0.717, 1.165) is 4.47 Å². The van der Waals surface area contributed by atoms with Crippen LogP contribution in [0, 0.1) is 0 Å². The Morgan fingerprint density at radius 3 is 2.62 bits per heavy atom. The van der Waals surface area contributed by atoms with Gasteiger partial charge in [-0.05, 0) is 28.1 Å². The van der Waals surface area contributed by atoms with Crippen LogP contribution in [0.3, 0.4) is 0 Å². The fourth-order valence-electron chi connectivity index (χ4n) is 1.77. The Balaban J connectivity index is 2.73. The monoisotopic (exact) mass is 304 g/mol. The number of aromatic hydroxyl groups is 1. The zero-order chi connectivity index (χ0) is 12.1. The normalized spacial score (nSPS) is 24.0. The molecule has 0 aromatic heterocycles. The van der Waals surface area contributed by atoms with Crippen LogP contribution in [0.2, 0.25) is 0 Å². The Morgan fingerprint density at radius 1 is 1.44 bits per heavy atom. The van der Waals surface area contributed by atoms with Crippen LogP contribution in [0.15, 0.2) is 16.6 Å². The third-order valence-electron chi connectivity index (χ3n) is 2.90. The number of halogens is 1. The molecule has 3 nitrogen and oxygen atoms in total. The van der Waals surface area contributed by atoms with E-state index in [-0.39, 0.29) is 12.1 Å². The van der Waals surface area contributed by atoms with Crippen molar-refractivity contribution in [3.8, 4) is 11.5 Å². The number of fused-ring (bicyclic) bond motifs is 1. The van der Waals surface area contributed by atoms with E-state index in [0.29, 0.717) is 11.1 Å². The van der Waals surface area contributed by atoms with Gasteiger partial charge >= 0.3 is 0 Å². The first-order valence-electron chi connectivity index (χ1n) is 5.01. The van der Waals surface area contributed by atoms with E-state index in [1.165, 1.54) is 0 Å². The van der Waals surface area contributed by atoms with Crippen molar-refractivity contribution in [1.82, 2.24) is 0 Å². The van der Waals surface area contributed by atoms with Gasteiger partial charge in [-0.1, -0.05) is 20.8 Å². The molecule has 0 radical (unpaired) electrons. The standard InChI is InChI=1S/C11H14BrO3P/c1-11(2,3)16(14)6-15-9-7(12)4-5-8(13)10(9)16/h4-5,13H,6H2,1-3H3/t16-/m1/s1. The van der Waals surface area contributed by atoms with E-state index in [1.807, 2.05) is 20.8 Å². The van der Waals surface area contributed by atoms with Crippen LogP contribution in [0.4, 0.5) is 0 Å². The van der Waals surface area contributed by atoms with Gasteiger partial charge < -0.3 is 14.4 Å². The van der Waals surface area contributed by atoms with Gasteiger partial charge in [0.2, 0.25) is 0 Å². The summed E-state index contributed by atoms with van der Waals surface area (Å²) in [5, 5.41) is 9.96. The summed E-state index contributed by atoms with van der Waals surface area (Å²) in [6.45, 7) is 5.73. The van der Waals surface area contributed by atoms with Crippen molar-refractivity contribution >= 4 is 28.4 Å². The van der Waals surface area contributed by atoms with Gasteiger partial charge in [-0.25, -0.2) is 0 Å². The van der Waals surface area contributed by atoms with Crippen molar-refractivity contribution < 1.29 is 14.4 Å². The van der Waals surface area contributed by atoms with Crippen molar-refractivity contribution in [3.63, 3.8) is 0 Å². The quantitative estimate of drug-likeness (QED) is 0.748. The summed E-state index contributed by atoms with van der Waals surface area (Å²) in [5.41, 5.74) is 0. The highest BCUT2D eigenvalue weighted by Crippen LogP contribution is 2.63. The minimum atomic E-state index is -2.71. The summed E-state index contributed by atoms with van der Waals surface area (Å²) in [6.07, 6.45) is 0.169. The molecule has 0 saturated heterocycles. The van der Waals surface area contributed by atoms with Crippen LogP contribution >= 0.6 is 23.1 Å². The molecule has 0 saturated carbocycles. The lowest BCUT2D eigenvalue weighted by atomic mass is 10.3. The highest BCUT2D eigenvalue weighted by molar-refractivity contribution is 9.10. The average molecular weight is 305 g/mol. The molecule has 0 aliphatic carbocycles. The molecule has 0 spiro atoms. The predicted octanol–water partition coefficient (Wildman–Crippen LogP) is 3.29. The molecule has 1 aliphatic heterocycles. The van der Waals surface area contributed by atoms with E-state index in [1.54, 1.807) is 12.1 Å². The third-order valence-corrected chi connectivity index (χ3v) is 7.34. The molecular formula is C11H14BrO3P. The molecule has 1 aliphatic rings. The molecular weight excluding hydrogens is 291 g/mol. The second-order valence-corrected chi connectivity index (χ2v) is 9.31. The molecule has 5 heteroatoms. The number of phenols is 1. The number of phenolic OH excluding ortho intramolecular Hbond substituents is 1. The van der Waals surface area contributed by atoms with Crippen molar-refractivity contribution in [2.24, 2.45) is 0 Å². The minimum Gasteiger partial charge on any atom is -0.507 e. The summed E-state index contributed by atoms with van der Waals surface area (Å²) in [6, 6.07) is 3.25. The Hall–Kier alpha value is -0.470. The van der Waals surface area contributed by atoms with Crippen LogP contribution in [-0.4, -0.2) is 16.6 Å². The first-order chi connectivity index (χ1) is 7.27. The van der Waals surface area contributed by atoms with Gasteiger partial charge in [-0.3, -0.25) is 0 Å². The molecule has 88 valence electrons. The lowest BCUT2D eigenvalue weighted by Crippen LogP contribution is -2.22. The van der Waals surface area contributed by atoms with Gasteiger partial charge in [0.25, 0.3) is 0 Å². The highest BCUT2D eigenvalue weighted by Gasteiger charge is 2.47. The lowest BCUT2D eigenvalue weighted by molar-refractivity contribution is 0.386. The van der Waals surface area contributed by atoms with Crippen LogP contribution in [0.5, 0.6) is 11.5 Å². The summed E-state index contributed by atoms with van der Waals surface area (Å²) in [4.78, 5) is 0. The Morgan fingerprint density at radius 2 is 2.06 bits per heavy atom. The highest BCUT2D eigenvalue weighted by atomic mass is 79.9. The summed E-state index contributed by atoms with van der Waals surface area (Å²) >= 11 is 3.34. The average Bonchev–Trinajstić information content (AvgIpc) is 2.52. The zero-order valence-corrected chi connectivity index (χ0v) is 11.9. The minimum absolute atomic E-state index is 0.0639. The summed E-state index contributed by atoms with van der Waals surface area (Å²) in [5.74, 6) is 0.590. The van der Waals surface area contributed by atoms with Gasteiger partial charge in [-0.2, -0.15) is 0 Å². The van der Waals surface area contributed by atoms with Gasteiger partial charge in [0.05, 0.1) is 4.47 Å². The van der Waals surface area contributed by atoms with E-state index >= 15 is 0 Å². The maximum Gasteiger partial charge on any atom is 0.163 e. The van der Waals surface area contributed by atoms with E-state index in [9.17, 15) is 9.67 Å². The molecule has 16 heavy (non-hydrogen) atoms. The molecule has 1 heterocycles. The molecule has 1 aromatic rings. The first kappa shape index (κ1) is 12.0. The number of benzene rings is 1. The van der Waals surface area contributed by atoms with Crippen molar-refractivity contribution in [1.29, 1.82) is 0 Å². The largest absolute Gasteiger partial charge is 0.507 e. The second-order valence-electron chi connectivity index (χ2n) is 4.93. The molecule has 0 fully saturated rings. The number of hydrogen-bond donors (Lipinski definition) is 1. The summed E-state index contributed by atoms with van der Waals surface area (Å²) < 4.78 is 19.1. The molecule has 1 atom stereocenters. The third kappa shape index (κ3) is 1.51. The molecule has 1 aromatic carbocycles. The molecule has 0 unspecified atom stereocenters. The Kier molecular flexibility index (Phi) is 2.63. The van der Waals surface area contributed by atoms with E-state index < -0.39 is 12.3 Å². The number of rotatable bonds is 0. The van der Waals surface area contributed by atoms with Gasteiger partial charge in [0.15, 0.2) is 7.14 Å². The van der Waals surface area contributed by atoms with Gasteiger partial charge in [-0.15, -0.1) is 0 Å².